The lowest BCUT2D eigenvalue weighted by Gasteiger charge is -2.18. The summed E-state index contributed by atoms with van der Waals surface area (Å²) in [6.45, 7) is 1.97. The van der Waals surface area contributed by atoms with Gasteiger partial charge in [0.25, 0.3) is 0 Å². The van der Waals surface area contributed by atoms with E-state index in [1.54, 1.807) is 12.1 Å². The van der Waals surface area contributed by atoms with Crippen molar-refractivity contribution in [3.8, 4) is 0 Å². The molecule has 0 bridgehead atoms. The third-order valence-electron chi connectivity index (χ3n) is 3.08. The van der Waals surface area contributed by atoms with Crippen molar-refractivity contribution in [2.75, 3.05) is 0 Å². The fourth-order valence-electron chi connectivity index (χ4n) is 2.14. The SMILES string of the molecule is CC(OC(=O)c1ccco1)C1CCCC1. The first-order valence-electron chi connectivity index (χ1n) is 5.52. The normalized spacial score (nSPS) is 19.0. The van der Waals surface area contributed by atoms with Crippen LogP contribution < -0.4 is 0 Å². The van der Waals surface area contributed by atoms with Crippen LogP contribution in [0.15, 0.2) is 22.8 Å². The highest BCUT2D eigenvalue weighted by molar-refractivity contribution is 5.86. The summed E-state index contributed by atoms with van der Waals surface area (Å²) in [5.41, 5.74) is 0. The maximum absolute atomic E-state index is 11.6. The van der Waals surface area contributed by atoms with Crippen LogP contribution in [-0.2, 0) is 4.74 Å². The summed E-state index contributed by atoms with van der Waals surface area (Å²) in [4.78, 5) is 11.6. The van der Waals surface area contributed by atoms with Gasteiger partial charge in [0.05, 0.1) is 6.26 Å². The van der Waals surface area contributed by atoms with Crippen LogP contribution in [0.3, 0.4) is 0 Å². The molecule has 82 valence electrons. The molecule has 1 aromatic heterocycles. The smallest absolute Gasteiger partial charge is 0.374 e. The summed E-state index contributed by atoms with van der Waals surface area (Å²) in [5, 5.41) is 0. The average molecular weight is 208 g/mol. The minimum Gasteiger partial charge on any atom is -0.457 e. The number of rotatable bonds is 3. The monoisotopic (exact) mass is 208 g/mol. The van der Waals surface area contributed by atoms with Crippen molar-refractivity contribution < 1.29 is 13.9 Å². The number of furan rings is 1. The predicted molar refractivity (Wildman–Crippen MR) is 55.5 cm³/mol. The van der Waals surface area contributed by atoms with Crippen LogP contribution in [0, 0.1) is 5.92 Å². The molecule has 1 aliphatic carbocycles. The molecular formula is C12H16O3. The standard InChI is InChI=1S/C12H16O3/c1-9(10-5-2-3-6-10)15-12(13)11-7-4-8-14-11/h4,7-10H,2-3,5-6H2,1H3. The summed E-state index contributed by atoms with van der Waals surface area (Å²) in [6, 6.07) is 3.32. The van der Waals surface area contributed by atoms with E-state index in [-0.39, 0.29) is 12.1 Å². The van der Waals surface area contributed by atoms with E-state index >= 15 is 0 Å². The molecule has 1 aliphatic rings. The van der Waals surface area contributed by atoms with E-state index < -0.39 is 0 Å². The fourth-order valence-corrected chi connectivity index (χ4v) is 2.14. The van der Waals surface area contributed by atoms with E-state index in [1.165, 1.54) is 31.9 Å². The third-order valence-corrected chi connectivity index (χ3v) is 3.08. The molecule has 0 aliphatic heterocycles. The van der Waals surface area contributed by atoms with Gasteiger partial charge in [0, 0.05) is 0 Å². The lowest BCUT2D eigenvalue weighted by atomic mass is 10.0. The van der Waals surface area contributed by atoms with Crippen molar-refractivity contribution in [1.29, 1.82) is 0 Å². The Labute approximate surface area is 89.4 Å². The lowest BCUT2D eigenvalue weighted by molar-refractivity contribution is 0.0170. The Balaban J connectivity index is 1.88. The fraction of sp³-hybridized carbons (Fsp3) is 0.583. The van der Waals surface area contributed by atoms with Crippen molar-refractivity contribution in [3.63, 3.8) is 0 Å². The van der Waals surface area contributed by atoms with E-state index in [4.69, 9.17) is 9.15 Å². The molecule has 1 unspecified atom stereocenters. The van der Waals surface area contributed by atoms with Gasteiger partial charge in [-0.1, -0.05) is 12.8 Å². The Kier molecular flexibility index (Phi) is 3.09. The third kappa shape index (κ3) is 2.41. The molecule has 1 aromatic rings. The van der Waals surface area contributed by atoms with Crippen LogP contribution >= 0.6 is 0 Å². The minimum absolute atomic E-state index is 0.00472. The number of ether oxygens (including phenoxy) is 1. The van der Waals surface area contributed by atoms with Crippen molar-refractivity contribution in [2.24, 2.45) is 5.92 Å². The van der Waals surface area contributed by atoms with Crippen molar-refractivity contribution in [3.05, 3.63) is 24.2 Å². The molecule has 0 spiro atoms. The first-order valence-corrected chi connectivity index (χ1v) is 5.52. The first-order chi connectivity index (χ1) is 7.27. The highest BCUT2D eigenvalue weighted by atomic mass is 16.6. The van der Waals surface area contributed by atoms with Gasteiger partial charge in [0.1, 0.15) is 6.10 Å². The largest absolute Gasteiger partial charge is 0.457 e. The van der Waals surface area contributed by atoms with Crippen LogP contribution in [0.25, 0.3) is 0 Å². The summed E-state index contributed by atoms with van der Waals surface area (Å²) < 4.78 is 10.3. The number of esters is 1. The van der Waals surface area contributed by atoms with Gasteiger partial charge in [0.15, 0.2) is 0 Å². The molecular weight excluding hydrogens is 192 g/mol. The number of carbonyl (C=O) groups excluding carboxylic acids is 1. The molecule has 1 saturated carbocycles. The van der Waals surface area contributed by atoms with E-state index in [0.29, 0.717) is 11.7 Å². The lowest BCUT2D eigenvalue weighted by Crippen LogP contribution is -2.21. The second-order valence-electron chi connectivity index (χ2n) is 4.13. The molecule has 0 amide bonds. The Hall–Kier alpha value is -1.25. The number of hydrogen-bond acceptors (Lipinski definition) is 3. The zero-order valence-corrected chi connectivity index (χ0v) is 8.94. The molecule has 0 saturated heterocycles. The molecule has 0 aromatic carbocycles. The summed E-state index contributed by atoms with van der Waals surface area (Å²) in [7, 11) is 0. The average Bonchev–Trinajstić information content (AvgIpc) is 2.91. The van der Waals surface area contributed by atoms with E-state index in [1.807, 2.05) is 6.92 Å². The molecule has 1 atom stereocenters. The summed E-state index contributed by atoms with van der Waals surface area (Å²) >= 11 is 0. The maximum Gasteiger partial charge on any atom is 0.374 e. The minimum atomic E-state index is -0.348. The molecule has 15 heavy (non-hydrogen) atoms. The van der Waals surface area contributed by atoms with Crippen LogP contribution in [0.4, 0.5) is 0 Å². The Bertz CT molecular complexity index is 310. The van der Waals surface area contributed by atoms with Crippen LogP contribution in [-0.4, -0.2) is 12.1 Å². The van der Waals surface area contributed by atoms with Gasteiger partial charge in [-0.25, -0.2) is 4.79 Å². The zero-order valence-electron chi connectivity index (χ0n) is 8.94. The molecule has 0 N–H and O–H groups in total. The Morgan fingerprint density at radius 1 is 1.53 bits per heavy atom. The molecule has 3 nitrogen and oxygen atoms in total. The van der Waals surface area contributed by atoms with E-state index in [2.05, 4.69) is 0 Å². The number of carbonyl (C=O) groups is 1. The van der Waals surface area contributed by atoms with Gasteiger partial charge in [-0.2, -0.15) is 0 Å². The van der Waals surface area contributed by atoms with E-state index in [0.717, 1.165) is 0 Å². The molecule has 2 rings (SSSR count). The van der Waals surface area contributed by atoms with Gasteiger partial charge >= 0.3 is 5.97 Å². The summed E-state index contributed by atoms with van der Waals surface area (Å²) in [6.07, 6.45) is 6.35. The van der Waals surface area contributed by atoms with Crippen molar-refractivity contribution in [1.82, 2.24) is 0 Å². The molecule has 0 radical (unpaired) electrons. The maximum atomic E-state index is 11.6. The molecule has 1 fully saturated rings. The van der Waals surface area contributed by atoms with Gasteiger partial charge in [-0.15, -0.1) is 0 Å². The van der Waals surface area contributed by atoms with E-state index in [9.17, 15) is 4.79 Å². The predicted octanol–water partition coefficient (Wildman–Crippen LogP) is 3.02. The highest BCUT2D eigenvalue weighted by Crippen LogP contribution is 2.29. The van der Waals surface area contributed by atoms with Gasteiger partial charge in [-0.3, -0.25) is 0 Å². The summed E-state index contributed by atoms with van der Waals surface area (Å²) in [5.74, 6) is 0.475. The van der Waals surface area contributed by atoms with Crippen molar-refractivity contribution in [2.45, 2.75) is 38.7 Å². The van der Waals surface area contributed by atoms with Crippen molar-refractivity contribution >= 4 is 5.97 Å². The van der Waals surface area contributed by atoms with Gasteiger partial charge in [-0.05, 0) is 37.8 Å². The highest BCUT2D eigenvalue weighted by Gasteiger charge is 2.25. The molecule has 1 heterocycles. The van der Waals surface area contributed by atoms with Gasteiger partial charge < -0.3 is 9.15 Å². The quantitative estimate of drug-likeness (QED) is 0.717. The zero-order chi connectivity index (χ0) is 10.7. The topological polar surface area (TPSA) is 39.4 Å². The Morgan fingerprint density at radius 2 is 2.27 bits per heavy atom. The van der Waals surface area contributed by atoms with Crippen LogP contribution in [0.1, 0.15) is 43.2 Å². The number of hydrogen-bond donors (Lipinski definition) is 0. The molecule has 3 heteroatoms. The first kappa shape index (κ1) is 10.3. The second-order valence-corrected chi connectivity index (χ2v) is 4.13. The van der Waals surface area contributed by atoms with Gasteiger partial charge in [0.2, 0.25) is 5.76 Å². The van der Waals surface area contributed by atoms with Crippen LogP contribution in [0.2, 0.25) is 0 Å². The second kappa shape index (κ2) is 4.51. The Morgan fingerprint density at radius 3 is 2.87 bits per heavy atom. The van der Waals surface area contributed by atoms with Crippen LogP contribution in [0.5, 0.6) is 0 Å².